The van der Waals surface area contributed by atoms with Crippen LogP contribution in [0.25, 0.3) is 0 Å². The van der Waals surface area contributed by atoms with E-state index in [9.17, 15) is 0 Å². The first-order valence-electron chi connectivity index (χ1n) is 10.9. The van der Waals surface area contributed by atoms with Gasteiger partial charge in [-0.2, -0.15) is 0 Å². The number of hydrogen-bond donors (Lipinski definition) is 0. The zero-order valence-corrected chi connectivity index (χ0v) is 19.9. The van der Waals surface area contributed by atoms with Gasteiger partial charge in [0.1, 0.15) is 0 Å². The van der Waals surface area contributed by atoms with Crippen LogP contribution in [0.3, 0.4) is 0 Å². The van der Waals surface area contributed by atoms with E-state index in [-0.39, 0.29) is 0 Å². The van der Waals surface area contributed by atoms with Gasteiger partial charge in [0.05, 0.1) is 0 Å². The Bertz CT molecular complexity index is 1150. The molecule has 5 rings (SSSR count). The summed E-state index contributed by atoms with van der Waals surface area (Å²) in [6.07, 6.45) is 0. The molecule has 156 valence electrons. The molecule has 0 bridgehead atoms. The van der Waals surface area contributed by atoms with Gasteiger partial charge < -0.3 is 0 Å². The van der Waals surface area contributed by atoms with E-state index in [1.165, 1.54) is 31.8 Å². The molecule has 5 aromatic carbocycles. The molecule has 0 aromatic heterocycles. The fourth-order valence-corrected chi connectivity index (χ4v) is 13.2. The van der Waals surface area contributed by atoms with Crippen molar-refractivity contribution in [2.75, 3.05) is 0 Å². The minimum atomic E-state index is -3.33. The third-order valence-electron chi connectivity index (χ3n) is 6.51. The van der Waals surface area contributed by atoms with Gasteiger partial charge in [-0.15, -0.1) is 0 Å². The van der Waals surface area contributed by atoms with Crippen LogP contribution in [0.4, 0.5) is 0 Å². The first-order chi connectivity index (χ1) is 15.8. The Hall–Kier alpha value is -3.04. The molecule has 0 aliphatic heterocycles. The molecule has 0 saturated carbocycles. The molecule has 32 heavy (non-hydrogen) atoms. The molecule has 0 heterocycles. The summed E-state index contributed by atoms with van der Waals surface area (Å²) in [5, 5.41) is 7.96. The quantitative estimate of drug-likeness (QED) is 0.343. The molecule has 0 spiro atoms. The van der Waals surface area contributed by atoms with Crippen LogP contribution in [0.5, 0.6) is 0 Å². The van der Waals surface area contributed by atoms with E-state index in [0.29, 0.717) is 0 Å². The summed E-state index contributed by atoms with van der Waals surface area (Å²) in [6.45, 7) is -3.33. The van der Waals surface area contributed by atoms with Crippen LogP contribution in [0.2, 0.25) is 0 Å². The molecule has 0 radical (unpaired) electrons. The molecule has 1 atom stereocenters. The Labute approximate surface area is 193 Å². The number of benzene rings is 5. The molecule has 2 heteroatoms. The van der Waals surface area contributed by atoms with Crippen LogP contribution in [-0.4, -0.2) is 0 Å². The summed E-state index contributed by atoms with van der Waals surface area (Å²) in [6, 6.07) is 53.3. The van der Waals surface area contributed by atoms with Gasteiger partial charge in [-0.25, -0.2) is 0 Å². The standard InChI is InChI=1S/C30H26P2/c31-29-23-13-14-24-30(29)32(25-15-5-1-6-16-25,26-17-7-2-8-18-26,27-19-9-3-10-20-27)28-21-11-4-12-22-28/h1-24H,31H2. The third kappa shape index (κ3) is 2.84. The fraction of sp³-hybridized carbons (Fsp3) is 0. The molecule has 0 amide bonds. The summed E-state index contributed by atoms with van der Waals surface area (Å²) in [5.41, 5.74) is 0. The maximum atomic E-state index is 3.03. The van der Waals surface area contributed by atoms with E-state index in [1.54, 1.807) is 0 Å². The average molecular weight is 448 g/mol. The SMILES string of the molecule is Pc1ccccc1P(c1ccccc1)(c1ccccc1)(c1ccccc1)c1ccccc1. The van der Waals surface area contributed by atoms with Crippen molar-refractivity contribution in [2.24, 2.45) is 0 Å². The maximum absolute atomic E-state index is 3.33. The second-order valence-corrected chi connectivity index (χ2v) is 13.4. The average Bonchev–Trinajstić information content (AvgIpc) is 2.89. The molecule has 0 aliphatic rings. The van der Waals surface area contributed by atoms with E-state index in [4.69, 9.17) is 0 Å². The van der Waals surface area contributed by atoms with Crippen molar-refractivity contribution >= 4 is 47.7 Å². The van der Waals surface area contributed by atoms with Crippen molar-refractivity contribution in [3.8, 4) is 0 Å². The zero-order chi connectivity index (χ0) is 21.9. The summed E-state index contributed by atoms with van der Waals surface area (Å²) in [5.74, 6) is 0. The Balaban J connectivity index is 2.17. The van der Waals surface area contributed by atoms with Crippen LogP contribution in [0, 0.1) is 0 Å². The molecular weight excluding hydrogens is 422 g/mol. The van der Waals surface area contributed by atoms with E-state index < -0.39 is 6.60 Å². The van der Waals surface area contributed by atoms with E-state index in [1.807, 2.05) is 0 Å². The van der Waals surface area contributed by atoms with Crippen LogP contribution >= 0.6 is 15.8 Å². The number of hydrogen-bond acceptors (Lipinski definition) is 0. The van der Waals surface area contributed by atoms with Gasteiger partial charge >= 0.3 is 193 Å². The Morgan fingerprint density at radius 1 is 0.344 bits per heavy atom. The van der Waals surface area contributed by atoms with Crippen LogP contribution in [-0.2, 0) is 0 Å². The molecule has 0 nitrogen and oxygen atoms in total. The van der Waals surface area contributed by atoms with Crippen molar-refractivity contribution in [3.05, 3.63) is 146 Å². The van der Waals surface area contributed by atoms with Gasteiger partial charge in [0.25, 0.3) is 0 Å². The van der Waals surface area contributed by atoms with Gasteiger partial charge in [0, 0.05) is 0 Å². The number of rotatable bonds is 5. The second kappa shape index (κ2) is 8.48. The van der Waals surface area contributed by atoms with Crippen LogP contribution in [0.1, 0.15) is 0 Å². The van der Waals surface area contributed by atoms with Crippen molar-refractivity contribution in [1.29, 1.82) is 0 Å². The monoisotopic (exact) mass is 448 g/mol. The van der Waals surface area contributed by atoms with Crippen molar-refractivity contribution in [1.82, 2.24) is 0 Å². The summed E-state index contributed by atoms with van der Waals surface area (Å²) >= 11 is 0. The van der Waals surface area contributed by atoms with Crippen molar-refractivity contribution in [2.45, 2.75) is 0 Å². The summed E-state index contributed by atoms with van der Waals surface area (Å²) in [4.78, 5) is 0. The second-order valence-electron chi connectivity index (χ2n) is 8.02. The Kier molecular flexibility index (Phi) is 5.52. The zero-order valence-electron chi connectivity index (χ0n) is 17.9. The van der Waals surface area contributed by atoms with Gasteiger partial charge in [0.15, 0.2) is 0 Å². The minimum absolute atomic E-state index is 1.23. The predicted octanol–water partition coefficient (Wildman–Crippen LogP) is 4.67. The first-order valence-corrected chi connectivity index (χ1v) is 13.7. The van der Waals surface area contributed by atoms with E-state index >= 15 is 0 Å². The first kappa shape index (κ1) is 20.8. The Morgan fingerprint density at radius 2 is 0.625 bits per heavy atom. The molecule has 0 saturated heterocycles. The van der Waals surface area contributed by atoms with Crippen molar-refractivity contribution in [3.63, 3.8) is 0 Å². The molecule has 0 fully saturated rings. The molecule has 1 unspecified atom stereocenters. The Morgan fingerprint density at radius 3 is 0.938 bits per heavy atom. The van der Waals surface area contributed by atoms with Gasteiger partial charge in [-0.05, 0) is 0 Å². The topological polar surface area (TPSA) is 0 Å². The van der Waals surface area contributed by atoms with Gasteiger partial charge in [-0.1, -0.05) is 0 Å². The van der Waals surface area contributed by atoms with Crippen molar-refractivity contribution < 1.29 is 0 Å². The molecule has 0 aliphatic carbocycles. The summed E-state index contributed by atoms with van der Waals surface area (Å²) in [7, 11) is 3.03. The fourth-order valence-electron chi connectivity index (χ4n) is 5.25. The predicted molar refractivity (Wildman–Crippen MR) is 147 cm³/mol. The van der Waals surface area contributed by atoms with E-state index in [2.05, 4.69) is 155 Å². The van der Waals surface area contributed by atoms with Gasteiger partial charge in [0.2, 0.25) is 0 Å². The van der Waals surface area contributed by atoms with Crippen LogP contribution in [0.15, 0.2) is 146 Å². The third-order valence-corrected chi connectivity index (χ3v) is 13.9. The van der Waals surface area contributed by atoms with Crippen LogP contribution < -0.4 is 31.8 Å². The normalized spacial score (nSPS) is 12.6. The summed E-state index contributed by atoms with van der Waals surface area (Å²) < 4.78 is 0. The molecule has 0 N–H and O–H groups in total. The molecular formula is C30H26P2. The van der Waals surface area contributed by atoms with E-state index in [0.717, 1.165) is 0 Å². The van der Waals surface area contributed by atoms with Gasteiger partial charge in [-0.3, -0.25) is 0 Å². The molecule has 5 aromatic rings.